The molecule has 5 nitrogen and oxygen atoms in total. The van der Waals surface area contributed by atoms with Gasteiger partial charge in [-0.3, -0.25) is 4.98 Å². The van der Waals surface area contributed by atoms with Crippen LogP contribution in [0.4, 0.5) is 0 Å². The average Bonchev–Trinajstić information content (AvgIpc) is 3.04. The van der Waals surface area contributed by atoms with Crippen LogP contribution in [0, 0.1) is 0 Å². The third kappa shape index (κ3) is 3.14. The predicted molar refractivity (Wildman–Crippen MR) is 78.9 cm³/mol. The topological polar surface area (TPSA) is 63.8 Å². The highest BCUT2D eigenvalue weighted by Gasteiger charge is 2.15. The first-order valence-electron chi connectivity index (χ1n) is 6.87. The lowest BCUT2D eigenvalue weighted by molar-refractivity contribution is 0.160. The van der Waals surface area contributed by atoms with E-state index in [-0.39, 0.29) is 0 Å². The van der Waals surface area contributed by atoms with Crippen LogP contribution in [0.3, 0.4) is 0 Å². The molecule has 0 aliphatic rings. The largest absolute Gasteiger partial charge is 0.387 e. The molecule has 1 N–H and O–H groups in total. The van der Waals surface area contributed by atoms with Crippen molar-refractivity contribution < 1.29 is 5.11 Å². The van der Waals surface area contributed by atoms with Crippen LogP contribution < -0.4 is 0 Å². The lowest BCUT2D eigenvalue weighted by Crippen LogP contribution is -2.08. The van der Waals surface area contributed by atoms with Crippen LogP contribution >= 0.6 is 0 Å². The predicted octanol–water partition coefficient (Wildman–Crippen LogP) is 2.33. The zero-order valence-electron chi connectivity index (χ0n) is 11.5. The summed E-state index contributed by atoms with van der Waals surface area (Å²) in [5, 5.41) is 18.4. The molecule has 0 saturated heterocycles. The van der Waals surface area contributed by atoms with Crippen molar-refractivity contribution in [2.24, 2.45) is 0 Å². The summed E-state index contributed by atoms with van der Waals surface area (Å²) in [6.45, 7) is 0. The number of benzene rings is 1. The van der Waals surface area contributed by atoms with Gasteiger partial charge in [-0.05, 0) is 36.6 Å². The Hall–Kier alpha value is -2.53. The minimum atomic E-state index is -0.611. The zero-order valence-corrected chi connectivity index (χ0v) is 11.5. The van der Waals surface area contributed by atoms with Gasteiger partial charge in [0.25, 0.3) is 0 Å². The molecule has 2 aromatic heterocycles. The van der Waals surface area contributed by atoms with Crippen LogP contribution in [-0.4, -0.2) is 25.1 Å². The van der Waals surface area contributed by atoms with Gasteiger partial charge in [-0.25, -0.2) is 4.68 Å². The summed E-state index contributed by atoms with van der Waals surface area (Å²) < 4.78 is 1.67. The number of aryl methyl sites for hydroxylation is 1. The molecule has 1 aromatic carbocycles. The molecule has 0 aliphatic heterocycles. The fourth-order valence-electron chi connectivity index (χ4n) is 2.24. The first kappa shape index (κ1) is 13.5. The van der Waals surface area contributed by atoms with Crippen molar-refractivity contribution in [3.05, 3.63) is 72.3 Å². The lowest BCUT2D eigenvalue weighted by atomic mass is 10.1. The van der Waals surface area contributed by atoms with Gasteiger partial charge in [-0.15, -0.1) is 5.10 Å². The number of pyridine rings is 1. The highest BCUT2D eigenvalue weighted by Crippen LogP contribution is 2.20. The van der Waals surface area contributed by atoms with Gasteiger partial charge < -0.3 is 5.11 Å². The molecule has 3 aromatic rings. The number of aliphatic hydroxyl groups is 1. The number of aromatic nitrogens is 4. The third-order valence-electron chi connectivity index (χ3n) is 3.35. The van der Waals surface area contributed by atoms with Crippen LogP contribution in [0.25, 0.3) is 5.69 Å². The summed E-state index contributed by atoms with van der Waals surface area (Å²) in [5.74, 6) is 0. The summed E-state index contributed by atoms with van der Waals surface area (Å²) in [6.07, 6.45) is 5.93. The maximum Gasteiger partial charge on any atom is 0.0980 e. The monoisotopic (exact) mass is 280 g/mol. The van der Waals surface area contributed by atoms with E-state index in [0.29, 0.717) is 12.1 Å². The Morgan fingerprint density at radius 2 is 1.90 bits per heavy atom. The van der Waals surface area contributed by atoms with Gasteiger partial charge in [0.2, 0.25) is 0 Å². The fourth-order valence-corrected chi connectivity index (χ4v) is 2.24. The van der Waals surface area contributed by atoms with Crippen molar-refractivity contribution in [2.45, 2.75) is 18.9 Å². The van der Waals surface area contributed by atoms with E-state index in [0.717, 1.165) is 17.7 Å². The van der Waals surface area contributed by atoms with Crippen LogP contribution in [0.15, 0.2) is 61.1 Å². The molecule has 21 heavy (non-hydrogen) atoms. The van der Waals surface area contributed by atoms with E-state index in [2.05, 4.69) is 15.3 Å². The first-order valence-corrected chi connectivity index (χ1v) is 6.87. The number of aliphatic hydroxyl groups excluding tert-OH is 1. The fraction of sp³-hybridized carbons (Fsp3) is 0.188. The number of hydrogen-bond donors (Lipinski definition) is 1. The van der Waals surface area contributed by atoms with E-state index in [1.807, 2.05) is 48.7 Å². The number of rotatable bonds is 5. The van der Waals surface area contributed by atoms with Gasteiger partial charge in [-0.2, -0.15) is 0 Å². The maximum atomic E-state index is 10.4. The second-order valence-electron chi connectivity index (χ2n) is 4.82. The lowest BCUT2D eigenvalue weighted by Gasteiger charge is -2.12. The normalized spacial score (nSPS) is 12.2. The molecule has 0 amide bonds. The van der Waals surface area contributed by atoms with Gasteiger partial charge in [0.1, 0.15) is 0 Å². The Kier molecular flexibility index (Phi) is 4.02. The summed E-state index contributed by atoms with van der Waals surface area (Å²) in [5.41, 5.74) is 2.70. The van der Waals surface area contributed by atoms with E-state index in [9.17, 15) is 5.11 Å². The molecular weight excluding hydrogens is 264 g/mol. The summed E-state index contributed by atoms with van der Waals surface area (Å²) >= 11 is 0. The van der Waals surface area contributed by atoms with Gasteiger partial charge >= 0.3 is 0 Å². The summed E-state index contributed by atoms with van der Waals surface area (Å²) in [6, 6.07) is 13.6. The van der Waals surface area contributed by atoms with Crippen LogP contribution in [0.2, 0.25) is 0 Å². The Balaban J connectivity index is 1.74. The van der Waals surface area contributed by atoms with Crippen LogP contribution in [0.1, 0.15) is 23.8 Å². The van der Waals surface area contributed by atoms with E-state index < -0.39 is 6.10 Å². The van der Waals surface area contributed by atoms with Crippen molar-refractivity contribution in [2.75, 3.05) is 0 Å². The minimum absolute atomic E-state index is 0.603. The molecule has 1 unspecified atom stereocenters. The Morgan fingerprint density at radius 1 is 1.05 bits per heavy atom. The van der Waals surface area contributed by atoms with E-state index in [4.69, 9.17) is 0 Å². The Morgan fingerprint density at radius 3 is 2.67 bits per heavy atom. The van der Waals surface area contributed by atoms with Crippen molar-refractivity contribution in [1.82, 2.24) is 20.0 Å². The molecule has 2 heterocycles. The maximum absolute atomic E-state index is 10.4. The van der Waals surface area contributed by atoms with Gasteiger partial charge in [0, 0.05) is 12.4 Å². The number of para-hydroxylation sites is 1. The summed E-state index contributed by atoms with van der Waals surface area (Å²) in [7, 11) is 0. The van der Waals surface area contributed by atoms with Gasteiger partial charge in [-0.1, -0.05) is 29.5 Å². The molecule has 5 heteroatoms. The third-order valence-corrected chi connectivity index (χ3v) is 3.35. The van der Waals surface area contributed by atoms with Gasteiger partial charge in [0.05, 0.1) is 23.7 Å². The minimum Gasteiger partial charge on any atom is -0.387 e. The van der Waals surface area contributed by atoms with E-state index >= 15 is 0 Å². The quantitative estimate of drug-likeness (QED) is 0.779. The number of hydrogen-bond acceptors (Lipinski definition) is 4. The van der Waals surface area contributed by atoms with Crippen molar-refractivity contribution >= 4 is 0 Å². The highest BCUT2D eigenvalue weighted by molar-refractivity contribution is 5.32. The van der Waals surface area contributed by atoms with Crippen molar-refractivity contribution in [3.8, 4) is 5.69 Å². The molecular formula is C16H16N4O. The van der Waals surface area contributed by atoms with Crippen LogP contribution in [0.5, 0.6) is 0 Å². The molecule has 0 fully saturated rings. The molecule has 106 valence electrons. The Bertz CT molecular complexity index is 682. The second kappa shape index (κ2) is 6.28. The number of nitrogens with zero attached hydrogens (tertiary/aromatic N) is 4. The Labute approximate surface area is 122 Å². The molecule has 0 aliphatic carbocycles. The SMILES string of the molecule is OC(CCc1cccnc1)c1cnnn1-c1ccccc1. The molecule has 0 spiro atoms. The highest BCUT2D eigenvalue weighted by atomic mass is 16.3. The molecule has 0 saturated carbocycles. The van der Waals surface area contributed by atoms with Crippen molar-refractivity contribution in [1.29, 1.82) is 0 Å². The van der Waals surface area contributed by atoms with Crippen LogP contribution in [-0.2, 0) is 6.42 Å². The molecule has 1 atom stereocenters. The van der Waals surface area contributed by atoms with E-state index in [1.54, 1.807) is 17.1 Å². The standard InChI is InChI=1S/C16H16N4O/c21-16(9-8-13-5-4-10-17-11-13)15-12-18-19-20(15)14-6-2-1-3-7-14/h1-7,10-12,16,21H,8-9H2. The van der Waals surface area contributed by atoms with Gasteiger partial charge in [0.15, 0.2) is 0 Å². The average molecular weight is 280 g/mol. The first-order chi connectivity index (χ1) is 10.3. The van der Waals surface area contributed by atoms with Crippen molar-refractivity contribution in [3.63, 3.8) is 0 Å². The smallest absolute Gasteiger partial charge is 0.0980 e. The molecule has 0 bridgehead atoms. The second-order valence-corrected chi connectivity index (χ2v) is 4.82. The van der Waals surface area contributed by atoms with E-state index in [1.165, 1.54) is 0 Å². The summed E-state index contributed by atoms with van der Waals surface area (Å²) in [4.78, 5) is 4.08. The molecule has 0 radical (unpaired) electrons. The zero-order chi connectivity index (χ0) is 14.5. The molecule has 3 rings (SSSR count).